The molecule has 0 saturated heterocycles. The van der Waals surface area contributed by atoms with Crippen molar-refractivity contribution in [3.8, 4) is 23.0 Å². The molecule has 0 bridgehead atoms. The van der Waals surface area contributed by atoms with Gasteiger partial charge >= 0.3 is 6.73 Å². The van der Waals surface area contributed by atoms with E-state index in [2.05, 4.69) is 20.0 Å². The van der Waals surface area contributed by atoms with Gasteiger partial charge in [0.1, 0.15) is 22.0 Å². The maximum atomic E-state index is 6.74. The second-order valence-corrected chi connectivity index (χ2v) is 6.66. The average molecular weight is 378 g/mol. The Kier molecular flexibility index (Phi) is 4.68. The van der Waals surface area contributed by atoms with E-state index in [1.165, 1.54) is 0 Å². The molecule has 7 nitrogen and oxygen atoms in total. The van der Waals surface area contributed by atoms with Gasteiger partial charge in [-0.3, -0.25) is 4.85 Å². The Balaban J connectivity index is 1.52. The number of benzene rings is 2. The summed E-state index contributed by atoms with van der Waals surface area (Å²) in [6.07, 6.45) is 0.460. The van der Waals surface area contributed by atoms with Crippen molar-refractivity contribution < 1.29 is 13.9 Å². The van der Waals surface area contributed by atoms with Crippen LogP contribution in [0, 0.1) is 6.57 Å². The van der Waals surface area contributed by atoms with Crippen molar-refractivity contribution in [1.82, 2.24) is 15.2 Å². The second kappa shape index (κ2) is 7.43. The predicted octanol–water partition coefficient (Wildman–Crippen LogP) is 4.20. The van der Waals surface area contributed by atoms with Gasteiger partial charge in [0.05, 0.1) is 18.2 Å². The van der Waals surface area contributed by atoms with Crippen LogP contribution in [0.3, 0.4) is 0 Å². The summed E-state index contributed by atoms with van der Waals surface area (Å²) in [5.41, 5.74) is 1.63. The molecule has 0 aliphatic heterocycles. The summed E-state index contributed by atoms with van der Waals surface area (Å²) in [6.45, 7) is 6.73. The van der Waals surface area contributed by atoms with Crippen LogP contribution in [0.1, 0.15) is 10.9 Å². The molecule has 0 fully saturated rings. The molecular formula is C19H14N4O3S. The number of methoxy groups -OCH3 is 1. The molecule has 2 aromatic heterocycles. The Labute approximate surface area is 159 Å². The number of para-hydroxylation sites is 1. The summed E-state index contributed by atoms with van der Waals surface area (Å²) in [5, 5.41) is 9.11. The highest BCUT2D eigenvalue weighted by atomic mass is 32.1. The maximum absolute atomic E-state index is 6.74. The number of rotatable bonds is 6. The summed E-state index contributed by atoms with van der Waals surface area (Å²) in [6, 6.07) is 13.0. The largest absolute Gasteiger partial charge is 0.494 e. The third-order valence-corrected chi connectivity index (χ3v) is 4.83. The summed E-state index contributed by atoms with van der Waals surface area (Å²) in [4.78, 5) is 7.78. The van der Waals surface area contributed by atoms with E-state index in [9.17, 15) is 0 Å². The lowest BCUT2D eigenvalue weighted by molar-refractivity contribution is 0.361. The molecule has 8 heteroatoms. The van der Waals surface area contributed by atoms with Gasteiger partial charge in [0.2, 0.25) is 11.8 Å². The fourth-order valence-corrected chi connectivity index (χ4v) is 3.56. The number of aromatic nitrogens is 3. The lowest BCUT2D eigenvalue weighted by atomic mass is 10.2. The van der Waals surface area contributed by atoms with E-state index in [1.54, 1.807) is 30.6 Å². The van der Waals surface area contributed by atoms with Gasteiger partial charge in [0, 0.05) is 5.56 Å². The molecule has 0 aliphatic rings. The zero-order valence-corrected chi connectivity index (χ0v) is 15.2. The zero-order chi connectivity index (χ0) is 18.6. The fraction of sp³-hybridized carbons (Fsp3) is 0.158. The number of thiazole rings is 1. The van der Waals surface area contributed by atoms with Crippen LogP contribution in [0.2, 0.25) is 0 Å². The minimum Gasteiger partial charge on any atom is -0.494 e. The molecule has 0 amide bonds. The topological polar surface area (TPSA) is 74.6 Å². The van der Waals surface area contributed by atoms with Gasteiger partial charge in [-0.1, -0.05) is 6.07 Å². The molecule has 2 aromatic carbocycles. The molecule has 0 atom stereocenters. The summed E-state index contributed by atoms with van der Waals surface area (Å²) in [5.74, 6) is 2.30. The number of nitrogens with zero attached hydrogens (tertiary/aromatic N) is 4. The van der Waals surface area contributed by atoms with Crippen LogP contribution >= 0.6 is 11.3 Å². The van der Waals surface area contributed by atoms with E-state index >= 15 is 0 Å². The van der Waals surface area contributed by atoms with Gasteiger partial charge in [-0.25, -0.2) is 11.6 Å². The number of hydrogen-bond acceptors (Lipinski definition) is 7. The van der Waals surface area contributed by atoms with Gasteiger partial charge in [0.25, 0.3) is 0 Å². The smallest absolute Gasteiger partial charge is 0.357 e. The second-order valence-electron chi connectivity index (χ2n) is 5.55. The van der Waals surface area contributed by atoms with E-state index in [0.29, 0.717) is 24.0 Å². The van der Waals surface area contributed by atoms with Crippen LogP contribution in [0.5, 0.6) is 11.5 Å². The minimum atomic E-state index is -0.00297. The quantitative estimate of drug-likeness (QED) is 0.468. The highest BCUT2D eigenvalue weighted by Crippen LogP contribution is 2.30. The monoisotopic (exact) mass is 378 g/mol. The van der Waals surface area contributed by atoms with Crippen molar-refractivity contribution >= 4 is 21.6 Å². The first-order valence-electron chi connectivity index (χ1n) is 8.08. The Bertz CT molecular complexity index is 1110. The number of fused-ring (bicyclic) bond motifs is 1. The van der Waals surface area contributed by atoms with Crippen molar-refractivity contribution in [3.63, 3.8) is 0 Å². The van der Waals surface area contributed by atoms with Gasteiger partial charge in [0.15, 0.2) is 0 Å². The van der Waals surface area contributed by atoms with Gasteiger partial charge in [-0.2, -0.15) is 0 Å². The normalized spacial score (nSPS) is 10.7. The van der Waals surface area contributed by atoms with Crippen LogP contribution in [-0.4, -0.2) is 29.0 Å². The lowest BCUT2D eigenvalue weighted by Gasteiger charge is -1.99. The van der Waals surface area contributed by atoms with E-state index in [0.717, 1.165) is 26.5 Å². The number of ether oxygens (including phenoxy) is 2. The van der Waals surface area contributed by atoms with Crippen LogP contribution in [0.4, 0.5) is 0 Å². The fourth-order valence-electron chi connectivity index (χ4n) is 2.58. The third kappa shape index (κ3) is 3.59. The molecule has 0 unspecified atom stereocenters. The average Bonchev–Trinajstić information content (AvgIpc) is 3.33. The van der Waals surface area contributed by atoms with Gasteiger partial charge in [-0.15, -0.1) is 21.5 Å². The molecular weight excluding hydrogens is 364 g/mol. The molecule has 0 N–H and O–H groups in total. The van der Waals surface area contributed by atoms with Crippen LogP contribution in [-0.2, 0) is 6.42 Å². The summed E-state index contributed by atoms with van der Waals surface area (Å²) in [7, 11) is 1.63. The van der Waals surface area contributed by atoms with E-state index < -0.39 is 0 Å². The Hall–Kier alpha value is -3.44. The molecule has 0 spiro atoms. The van der Waals surface area contributed by atoms with Crippen molar-refractivity contribution in [3.05, 3.63) is 64.8 Å². The van der Waals surface area contributed by atoms with E-state index in [4.69, 9.17) is 20.5 Å². The summed E-state index contributed by atoms with van der Waals surface area (Å²) < 4.78 is 17.4. The highest BCUT2D eigenvalue weighted by molar-refractivity contribution is 7.18. The zero-order valence-electron chi connectivity index (χ0n) is 14.4. The van der Waals surface area contributed by atoms with Crippen molar-refractivity contribution in [1.29, 1.82) is 0 Å². The SMILES string of the molecule is [C-]#[N+]COc1ccc(-c2nnc(Cc3nc4c(OC)cccc4s3)o2)cc1. The summed E-state index contributed by atoms with van der Waals surface area (Å²) >= 11 is 1.58. The Morgan fingerprint density at radius 3 is 2.78 bits per heavy atom. The molecule has 0 radical (unpaired) electrons. The first-order chi connectivity index (χ1) is 13.3. The first kappa shape index (κ1) is 17.0. The molecule has 134 valence electrons. The maximum Gasteiger partial charge on any atom is 0.357 e. The minimum absolute atomic E-state index is 0.00297. The van der Waals surface area contributed by atoms with E-state index in [1.807, 2.05) is 30.3 Å². The van der Waals surface area contributed by atoms with Crippen molar-refractivity contribution in [2.24, 2.45) is 0 Å². The van der Waals surface area contributed by atoms with E-state index in [-0.39, 0.29) is 6.73 Å². The Morgan fingerprint density at radius 1 is 1.15 bits per heavy atom. The molecule has 0 saturated carbocycles. The standard InChI is InChI=1S/C19H14N4O3S/c1-20-11-25-13-8-6-12(7-9-13)19-23-22-16(26-19)10-17-21-18-14(24-2)4-3-5-15(18)27-17/h3-9H,10-11H2,2H3. The molecule has 4 aromatic rings. The first-order valence-corrected chi connectivity index (χ1v) is 8.89. The lowest BCUT2D eigenvalue weighted by Crippen LogP contribution is -1.90. The predicted molar refractivity (Wildman–Crippen MR) is 101 cm³/mol. The number of hydrogen-bond donors (Lipinski definition) is 0. The molecule has 27 heavy (non-hydrogen) atoms. The van der Waals surface area contributed by atoms with Crippen molar-refractivity contribution in [2.45, 2.75) is 6.42 Å². The van der Waals surface area contributed by atoms with Crippen LogP contribution in [0.25, 0.3) is 26.5 Å². The van der Waals surface area contributed by atoms with Crippen LogP contribution in [0.15, 0.2) is 46.9 Å². The highest BCUT2D eigenvalue weighted by Gasteiger charge is 2.14. The molecule has 2 heterocycles. The molecule has 0 aliphatic carbocycles. The Morgan fingerprint density at radius 2 is 2.00 bits per heavy atom. The van der Waals surface area contributed by atoms with Crippen molar-refractivity contribution in [2.75, 3.05) is 13.8 Å². The van der Waals surface area contributed by atoms with Gasteiger partial charge < -0.3 is 13.9 Å². The van der Waals surface area contributed by atoms with Crippen LogP contribution < -0.4 is 9.47 Å². The molecule has 4 rings (SSSR count). The van der Waals surface area contributed by atoms with Gasteiger partial charge in [-0.05, 0) is 36.4 Å². The third-order valence-electron chi connectivity index (χ3n) is 3.81.